The lowest BCUT2D eigenvalue weighted by atomic mass is 9.77. The Labute approximate surface area is 201 Å². The van der Waals surface area contributed by atoms with Crippen molar-refractivity contribution in [2.45, 2.75) is 32.2 Å². The van der Waals surface area contributed by atoms with Gasteiger partial charge in [0, 0.05) is 5.39 Å². The SMILES string of the molecule is CCCOc1ccc2c(c1)c(CC)nn2C(c1ccccc1)(c1ccccc1)c1ccccc1. The predicted octanol–water partition coefficient (Wildman–Crippen LogP) is 7.23. The Hall–Kier alpha value is -3.85. The Morgan fingerprint density at radius 3 is 1.71 bits per heavy atom. The second kappa shape index (κ2) is 9.56. The van der Waals surface area contributed by atoms with Gasteiger partial charge in [-0.3, -0.25) is 0 Å². The molecular formula is C31H30N2O. The largest absolute Gasteiger partial charge is 0.494 e. The number of hydrogen-bond donors (Lipinski definition) is 0. The highest BCUT2D eigenvalue weighted by Crippen LogP contribution is 2.43. The second-order valence-electron chi connectivity index (χ2n) is 8.55. The molecule has 0 spiro atoms. The maximum Gasteiger partial charge on any atom is 0.138 e. The first-order chi connectivity index (χ1) is 16.8. The molecule has 4 aromatic carbocycles. The van der Waals surface area contributed by atoms with Crippen molar-refractivity contribution < 1.29 is 4.74 Å². The molecule has 5 aromatic rings. The third-order valence-corrected chi connectivity index (χ3v) is 6.43. The third kappa shape index (κ3) is 3.67. The van der Waals surface area contributed by atoms with Crippen molar-refractivity contribution in [3.05, 3.63) is 132 Å². The van der Waals surface area contributed by atoms with Gasteiger partial charge < -0.3 is 4.74 Å². The zero-order valence-electron chi connectivity index (χ0n) is 19.8. The fourth-order valence-corrected chi connectivity index (χ4v) is 4.89. The molecule has 0 fully saturated rings. The van der Waals surface area contributed by atoms with E-state index < -0.39 is 5.54 Å². The van der Waals surface area contributed by atoms with E-state index in [2.05, 4.69) is 128 Å². The van der Waals surface area contributed by atoms with Gasteiger partial charge in [-0.15, -0.1) is 0 Å². The van der Waals surface area contributed by atoms with Gasteiger partial charge in [0.05, 0.1) is 17.8 Å². The van der Waals surface area contributed by atoms with Crippen LogP contribution in [0.5, 0.6) is 5.75 Å². The van der Waals surface area contributed by atoms with Crippen LogP contribution in [0.4, 0.5) is 0 Å². The molecule has 1 aromatic heterocycles. The van der Waals surface area contributed by atoms with Gasteiger partial charge in [-0.1, -0.05) is 105 Å². The number of ether oxygens (including phenoxy) is 1. The number of aryl methyl sites for hydroxylation is 1. The molecule has 170 valence electrons. The Balaban J connectivity index is 1.88. The topological polar surface area (TPSA) is 27.1 Å². The van der Waals surface area contributed by atoms with Crippen molar-refractivity contribution in [2.24, 2.45) is 0 Å². The highest BCUT2D eigenvalue weighted by molar-refractivity contribution is 5.84. The molecule has 0 aliphatic carbocycles. The fraction of sp³-hybridized carbons (Fsp3) is 0.194. The van der Waals surface area contributed by atoms with Crippen molar-refractivity contribution in [1.29, 1.82) is 0 Å². The summed E-state index contributed by atoms with van der Waals surface area (Å²) in [5.41, 5.74) is 5.06. The minimum Gasteiger partial charge on any atom is -0.494 e. The normalized spacial score (nSPS) is 11.6. The Kier molecular flexibility index (Phi) is 6.18. The minimum absolute atomic E-state index is 0.624. The van der Waals surface area contributed by atoms with E-state index in [0.29, 0.717) is 6.61 Å². The number of hydrogen-bond acceptors (Lipinski definition) is 2. The molecule has 0 unspecified atom stereocenters. The van der Waals surface area contributed by atoms with E-state index in [1.54, 1.807) is 0 Å². The lowest BCUT2D eigenvalue weighted by Gasteiger charge is -2.37. The Morgan fingerprint density at radius 2 is 1.24 bits per heavy atom. The van der Waals surface area contributed by atoms with E-state index >= 15 is 0 Å². The van der Waals surface area contributed by atoms with Gasteiger partial charge >= 0.3 is 0 Å². The summed E-state index contributed by atoms with van der Waals surface area (Å²) < 4.78 is 8.20. The van der Waals surface area contributed by atoms with E-state index in [4.69, 9.17) is 9.84 Å². The summed E-state index contributed by atoms with van der Waals surface area (Å²) in [6.07, 6.45) is 1.83. The number of aromatic nitrogens is 2. The highest BCUT2D eigenvalue weighted by atomic mass is 16.5. The van der Waals surface area contributed by atoms with Crippen LogP contribution in [0.2, 0.25) is 0 Å². The van der Waals surface area contributed by atoms with E-state index in [1.807, 2.05) is 0 Å². The number of benzene rings is 4. The van der Waals surface area contributed by atoms with Crippen LogP contribution < -0.4 is 4.74 Å². The molecule has 5 rings (SSSR count). The fourth-order valence-electron chi connectivity index (χ4n) is 4.89. The van der Waals surface area contributed by atoms with Gasteiger partial charge in [0.2, 0.25) is 0 Å². The van der Waals surface area contributed by atoms with Crippen molar-refractivity contribution in [3.63, 3.8) is 0 Å². The van der Waals surface area contributed by atoms with Crippen LogP contribution in [0.1, 0.15) is 42.7 Å². The predicted molar refractivity (Wildman–Crippen MR) is 140 cm³/mol. The van der Waals surface area contributed by atoms with E-state index in [-0.39, 0.29) is 0 Å². The summed E-state index contributed by atoms with van der Waals surface area (Å²) in [5, 5.41) is 6.43. The zero-order chi connectivity index (χ0) is 23.4. The summed E-state index contributed by atoms with van der Waals surface area (Å²) in [4.78, 5) is 0. The summed E-state index contributed by atoms with van der Waals surface area (Å²) >= 11 is 0. The summed E-state index contributed by atoms with van der Waals surface area (Å²) in [6, 6.07) is 38.5. The van der Waals surface area contributed by atoms with Crippen LogP contribution in [-0.4, -0.2) is 16.4 Å². The lowest BCUT2D eigenvalue weighted by molar-refractivity contribution is 0.318. The highest BCUT2D eigenvalue weighted by Gasteiger charge is 2.40. The zero-order valence-corrected chi connectivity index (χ0v) is 19.8. The van der Waals surface area contributed by atoms with Crippen LogP contribution in [0.3, 0.4) is 0 Å². The molecule has 0 aliphatic rings. The minimum atomic E-state index is -0.624. The number of nitrogens with zero attached hydrogens (tertiary/aromatic N) is 2. The van der Waals surface area contributed by atoms with Crippen molar-refractivity contribution in [3.8, 4) is 5.75 Å². The average Bonchev–Trinajstić information content (AvgIpc) is 3.28. The monoisotopic (exact) mass is 446 g/mol. The van der Waals surface area contributed by atoms with Gasteiger partial charge in [-0.05, 0) is 47.7 Å². The molecular weight excluding hydrogens is 416 g/mol. The summed E-state index contributed by atoms with van der Waals surface area (Å²) in [5.74, 6) is 0.897. The van der Waals surface area contributed by atoms with E-state index in [9.17, 15) is 0 Å². The Morgan fingerprint density at radius 1 is 0.706 bits per heavy atom. The summed E-state index contributed by atoms with van der Waals surface area (Å²) in [6.45, 7) is 5.01. The van der Waals surface area contributed by atoms with Crippen LogP contribution in [0.15, 0.2) is 109 Å². The third-order valence-electron chi connectivity index (χ3n) is 6.43. The van der Waals surface area contributed by atoms with Crippen molar-refractivity contribution in [2.75, 3.05) is 6.61 Å². The first-order valence-electron chi connectivity index (χ1n) is 12.1. The molecule has 0 N–H and O–H groups in total. The van der Waals surface area contributed by atoms with Crippen LogP contribution in [0.25, 0.3) is 10.9 Å². The van der Waals surface area contributed by atoms with Crippen LogP contribution >= 0.6 is 0 Å². The number of fused-ring (bicyclic) bond motifs is 1. The second-order valence-corrected chi connectivity index (χ2v) is 8.55. The molecule has 3 nitrogen and oxygen atoms in total. The average molecular weight is 447 g/mol. The van der Waals surface area contributed by atoms with E-state index in [0.717, 1.165) is 35.2 Å². The molecule has 0 bridgehead atoms. The maximum atomic E-state index is 5.97. The van der Waals surface area contributed by atoms with Gasteiger partial charge in [-0.25, -0.2) is 4.68 Å². The van der Waals surface area contributed by atoms with Gasteiger partial charge in [0.15, 0.2) is 0 Å². The molecule has 0 atom stereocenters. The lowest BCUT2D eigenvalue weighted by Crippen LogP contribution is -2.38. The molecule has 3 heteroatoms. The first-order valence-corrected chi connectivity index (χ1v) is 12.1. The summed E-state index contributed by atoms with van der Waals surface area (Å²) in [7, 11) is 0. The Bertz CT molecular complexity index is 1260. The van der Waals surface area contributed by atoms with E-state index in [1.165, 1.54) is 16.7 Å². The molecule has 1 heterocycles. The maximum absolute atomic E-state index is 5.97. The van der Waals surface area contributed by atoms with Gasteiger partial charge in [0.25, 0.3) is 0 Å². The molecule has 0 saturated heterocycles. The molecule has 0 saturated carbocycles. The number of rotatable bonds is 8. The quantitative estimate of drug-likeness (QED) is 0.235. The molecule has 0 aliphatic heterocycles. The molecule has 0 radical (unpaired) electrons. The molecule has 34 heavy (non-hydrogen) atoms. The van der Waals surface area contributed by atoms with Crippen LogP contribution in [0, 0.1) is 0 Å². The van der Waals surface area contributed by atoms with Crippen LogP contribution in [-0.2, 0) is 12.0 Å². The van der Waals surface area contributed by atoms with Crippen molar-refractivity contribution >= 4 is 10.9 Å². The molecule has 0 amide bonds. The van der Waals surface area contributed by atoms with Gasteiger partial charge in [0.1, 0.15) is 11.3 Å². The standard InChI is InChI=1S/C31H30N2O/c1-3-22-34-27-20-21-30-28(23-27)29(4-2)32-33(30)31(24-14-8-5-9-15-24,25-16-10-6-11-17-25)26-18-12-7-13-19-26/h5-21,23H,3-4,22H2,1-2H3. The van der Waals surface area contributed by atoms with Crippen molar-refractivity contribution in [1.82, 2.24) is 9.78 Å². The smallest absolute Gasteiger partial charge is 0.138 e. The first kappa shape index (κ1) is 22.0. The van der Waals surface area contributed by atoms with Gasteiger partial charge in [-0.2, -0.15) is 5.10 Å².